The highest BCUT2D eigenvalue weighted by atomic mass is 79.9. The topological polar surface area (TPSA) is 17.8 Å². The normalized spacial score (nSPS) is 10.5. The lowest BCUT2D eigenvalue weighted by Gasteiger charge is -2.04. The predicted octanol–water partition coefficient (Wildman–Crippen LogP) is 3.20. The number of benzene rings is 1. The Morgan fingerprint density at radius 3 is 3.00 bits per heavy atom. The van der Waals surface area contributed by atoms with Gasteiger partial charge in [-0.15, -0.1) is 0 Å². The van der Waals surface area contributed by atoms with Gasteiger partial charge in [0.2, 0.25) is 0 Å². The number of alkyl halides is 1. The van der Waals surface area contributed by atoms with Crippen LogP contribution in [0.5, 0.6) is 0 Å². The summed E-state index contributed by atoms with van der Waals surface area (Å²) in [6, 6.07) is 8.58. The molecule has 1 heterocycles. The molecule has 0 saturated carbocycles. The van der Waals surface area contributed by atoms with Crippen LogP contribution in [0.3, 0.4) is 0 Å². The Morgan fingerprint density at radius 1 is 1.33 bits per heavy atom. The van der Waals surface area contributed by atoms with Gasteiger partial charge in [-0.05, 0) is 30.5 Å². The number of hydrogen-bond acceptors (Lipinski definition) is 1. The summed E-state index contributed by atoms with van der Waals surface area (Å²) in [4.78, 5) is 4.05. The predicted molar refractivity (Wildman–Crippen MR) is 65.7 cm³/mol. The Labute approximate surface area is 98.1 Å². The smallest absolute Gasteiger partial charge is 0.0991 e. The van der Waals surface area contributed by atoms with Crippen LogP contribution in [0.15, 0.2) is 43.0 Å². The third-order valence-corrected chi connectivity index (χ3v) is 2.87. The zero-order chi connectivity index (χ0) is 10.5. The van der Waals surface area contributed by atoms with Crippen molar-refractivity contribution in [3.63, 3.8) is 0 Å². The molecule has 0 N–H and O–H groups in total. The maximum Gasteiger partial charge on any atom is 0.0991 e. The van der Waals surface area contributed by atoms with Crippen molar-refractivity contribution >= 4 is 15.9 Å². The number of halogens is 1. The lowest BCUT2D eigenvalue weighted by Crippen LogP contribution is -1.92. The molecular formula is C12H13BrN2. The first-order chi connectivity index (χ1) is 7.40. The summed E-state index contributed by atoms with van der Waals surface area (Å²) in [6.07, 6.45) is 7.87. The monoisotopic (exact) mass is 264 g/mol. The fourth-order valence-corrected chi connectivity index (χ4v) is 1.84. The van der Waals surface area contributed by atoms with Crippen molar-refractivity contribution in [2.45, 2.75) is 12.8 Å². The summed E-state index contributed by atoms with van der Waals surface area (Å²) >= 11 is 3.45. The largest absolute Gasteiger partial charge is 0.306 e. The number of aromatic nitrogens is 2. The maximum absolute atomic E-state index is 4.05. The second-order valence-electron chi connectivity index (χ2n) is 3.43. The van der Waals surface area contributed by atoms with Gasteiger partial charge >= 0.3 is 0 Å². The molecule has 0 aliphatic heterocycles. The summed E-state index contributed by atoms with van der Waals surface area (Å²) in [5.74, 6) is 0. The van der Waals surface area contributed by atoms with E-state index in [0.29, 0.717) is 0 Å². The van der Waals surface area contributed by atoms with Gasteiger partial charge in [0.15, 0.2) is 0 Å². The third-order valence-electron chi connectivity index (χ3n) is 2.31. The highest BCUT2D eigenvalue weighted by Crippen LogP contribution is 2.12. The average Bonchev–Trinajstić information content (AvgIpc) is 2.80. The summed E-state index contributed by atoms with van der Waals surface area (Å²) < 4.78 is 2.03. The van der Waals surface area contributed by atoms with Gasteiger partial charge in [0.25, 0.3) is 0 Å². The van der Waals surface area contributed by atoms with Crippen molar-refractivity contribution in [3.05, 3.63) is 48.5 Å². The van der Waals surface area contributed by atoms with Crippen LogP contribution in [0.1, 0.15) is 12.0 Å². The lowest BCUT2D eigenvalue weighted by molar-refractivity contribution is 0.933. The summed E-state index contributed by atoms with van der Waals surface area (Å²) in [5, 5.41) is 1.06. The zero-order valence-electron chi connectivity index (χ0n) is 8.44. The van der Waals surface area contributed by atoms with Crippen LogP contribution in [0.4, 0.5) is 0 Å². The van der Waals surface area contributed by atoms with E-state index in [1.54, 1.807) is 6.20 Å². The molecule has 0 saturated heterocycles. The number of nitrogens with zero attached hydrogens (tertiary/aromatic N) is 2. The molecule has 2 rings (SSSR count). The molecule has 0 aliphatic rings. The van der Waals surface area contributed by atoms with E-state index in [9.17, 15) is 0 Å². The van der Waals surface area contributed by atoms with Crippen molar-refractivity contribution in [3.8, 4) is 5.69 Å². The minimum absolute atomic E-state index is 1.06. The molecule has 0 bridgehead atoms. The number of imidazole rings is 1. The van der Waals surface area contributed by atoms with Crippen molar-refractivity contribution in [1.82, 2.24) is 9.55 Å². The van der Waals surface area contributed by atoms with Gasteiger partial charge in [0.1, 0.15) is 0 Å². The number of aryl methyl sites for hydroxylation is 1. The summed E-state index contributed by atoms with van der Waals surface area (Å²) in [6.45, 7) is 0. The molecule has 0 unspecified atom stereocenters. The number of rotatable bonds is 4. The quantitative estimate of drug-likeness (QED) is 0.776. The van der Waals surface area contributed by atoms with Crippen molar-refractivity contribution in [1.29, 1.82) is 0 Å². The molecule has 0 atom stereocenters. The number of hydrogen-bond donors (Lipinski definition) is 0. The molecule has 0 fully saturated rings. The third kappa shape index (κ3) is 2.69. The molecule has 0 aliphatic carbocycles. The molecule has 1 aromatic carbocycles. The van der Waals surface area contributed by atoms with Gasteiger partial charge in [-0.2, -0.15) is 0 Å². The Kier molecular flexibility index (Phi) is 3.56. The molecule has 15 heavy (non-hydrogen) atoms. The van der Waals surface area contributed by atoms with Gasteiger partial charge < -0.3 is 4.57 Å². The molecule has 2 aromatic rings. The Morgan fingerprint density at radius 2 is 2.27 bits per heavy atom. The first-order valence-electron chi connectivity index (χ1n) is 5.03. The molecule has 3 heteroatoms. The van der Waals surface area contributed by atoms with Gasteiger partial charge in [0.05, 0.1) is 6.33 Å². The van der Waals surface area contributed by atoms with Crippen LogP contribution < -0.4 is 0 Å². The molecule has 0 radical (unpaired) electrons. The van der Waals surface area contributed by atoms with Crippen LogP contribution in [-0.4, -0.2) is 14.9 Å². The fourth-order valence-electron chi connectivity index (χ4n) is 1.56. The minimum atomic E-state index is 1.06. The van der Waals surface area contributed by atoms with Crippen LogP contribution in [0, 0.1) is 0 Å². The van der Waals surface area contributed by atoms with E-state index in [1.807, 2.05) is 17.1 Å². The summed E-state index contributed by atoms with van der Waals surface area (Å²) in [7, 11) is 0. The van der Waals surface area contributed by atoms with Gasteiger partial charge in [-0.25, -0.2) is 4.98 Å². The molecule has 78 valence electrons. The minimum Gasteiger partial charge on any atom is -0.306 e. The van der Waals surface area contributed by atoms with E-state index in [2.05, 4.69) is 45.2 Å². The fraction of sp³-hybridized carbons (Fsp3) is 0.250. The summed E-state index contributed by atoms with van der Waals surface area (Å²) in [5.41, 5.74) is 2.56. The van der Waals surface area contributed by atoms with Gasteiger partial charge in [-0.1, -0.05) is 28.1 Å². The van der Waals surface area contributed by atoms with Crippen molar-refractivity contribution in [2.75, 3.05) is 5.33 Å². The molecule has 0 spiro atoms. The first-order valence-corrected chi connectivity index (χ1v) is 6.15. The van der Waals surface area contributed by atoms with Crippen LogP contribution >= 0.6 is 15.9 Å². The van der Waals surface area contributed by atoms with Gasteiger partial charge in [-0.3, -0.25) is 0 Å². The van der Waals surface area contributed by atoms with Crippen LogP contribution in [-0.2, 0) is 6.42 Å². The van der Waals surface area contributed by atoms with Crippen LogP contribution in [0.25, 0.3) is 5.69 Å². The Balaban J connectivity index is 2.19. The van der Waals surface area contributed by atoms with E-state index >= 15 is 0 Å². The van der Waals surface area contributed by atoms with E-state index in [-0.39, 0.29) is 0 Å². The van der Waals surface area contributed by atoms with Crippen molar-refractivity contribution in [2.24, 2.45) is 0 Å². The standard InChI is InChI=1S/C12H13BrN2/c13-6-2-4-11-3-1-5-12(9-11)15-8-7-14-10-15/h1,3,5,7-10H,2,4,6H2. The SMILES string of the molecule is BrCCCc1cccc(-n2ccnc2)c1. The molecular weight excluding hydrogens is 252 g/mol. The van der Waals surface area contributed by atoms with E-state index in [1.165, 1.54) is 17.7 Å². The highest BCUT2D eigenvalue weighted by molar-refractivity contribution is 9.09. The van der Waals surface area contributed by atoms with E-state index < -0.39 is 0 Å². The maximum atomic E-state index is 4.05. The lowest BCUT2D eigenvalue weighted by atomic mass is 10.1. The molecule has 2 nitrogen and oxygen atoms in total. The molecule has 0 amide bonds. The van der Waals surface area contributed by atoms with Crippen molar-refractivity contribution < 1.29 is 0 Å². The van der Waals surface area contributed by atoms with Gasteiger partial charge in [0, 0.05) is 23.4 Å². The van der Waals surface area contributed by atoms with E-state index in [4.69, 9.17) is 0 Å². The zero-order valence-corrected chi connectivity index (χ0v) is 10.0. The second-order valence-corrected chi connectivity index (χ2v) is 4.23. The Hall–Kier alpha value is -1.09. The molecule has 1 aromatic heterocycles. The Bertz CT molecular complexity index is 409. The van der Waals surface area contributed by atoms with Crippen LogP contribution in [0.2, 0.25) is 0 Å². The first kappa shape index (κ1) is 10.4. The van der Waals surface area contributed by atoms with E-state index in [0.717, 1.165) is 11.8 Å². The average molecular weight is 265 g/mol. The second kappa shape index (κ2) is 5.12. The highest BCUT2D eigenvalue weighted by Gasteiger charge is 1.97.